The minimum atomic E-state index is 0.0399. The van der Waals surface area contributed by atoms with Crippen molar-refractivity contribution >= 4 is 11.7 Å². The lowest BCUT2D eigenvalue weighted by atomic mass is 9.87. The second-order valence-corrected chi connectivity index (χ2v) is 7.14. The number of carbonyl (C=O) groups is 1. The predicted octanol–water partition coefficient (Wildman–Crippen LogP) is 3.00. The maximum Gasteiger partial charge on any atom is 0.318 e. The Morgan fingerprint density at radius 2 is 1.93 bits per heavy atom. The van der Waals surface area contributed by atoms with Crippen LogP contribution >= 0.6 is 0 Å². The van der Waals surface area contributed by atoms with Gasteiger partial charge in [-0.25, -0.2) is 4.79 Å². The Balaban J connectivity index is 1.37. The molecule has 1 aromatic carbocycles. The van der Waals surface area contributed by atoms with Crippen molar-refractivity contribution in [3.8, 4) is 5.75 Å². The number of ether oxygens (including phenoxy) is 1. The number of piperazine rings is 1. The minimum absolute atomic E-state index is 0.0399. The lowest BCUT2D eigenvalue weighted by Gasteiger charge is -2.37. The van der Waals surface area contributed by atoms with Gasteiger partial charge in [0.2, 0.25) is 0 Å². The van der Waals surface area contributed by atoms with Crippen molar-refractivity contribution in [2.24, 2.45) is 0 Å². The van der Waals surface area contributed by atoms with E-state index in [1.54, 1.807) is 7.11 Å². The third-order valence-corrected chi connectivity index (χ3v) is 5.56. The quantitative estimate of drug-likeness (QED) is 0.907. The van der Waals surface area contributed by atoms with Crippen molar-refractivity contribution in [2.75, 3.05) is 38.2 Å². The van der Waals surface area contributed by atoms with E-state index in [0.717, 1.165) is 51.2 Å². The number of hydrogen-bond donors (Lipinski definition) is 1. The van der Waals surface area contributed by atoms with E-state index in [9.17, 15) is 4.79 Å². The molecule has 27 heavy (non-hydrogen) atoms. The van der Waals surface area contributed by atoms with E-state index in [2.05, 4.69) is 27.3 Å². The van der Waals surface area contributed by atoms with Crippen molar-refractivity contribution in [3.63, 3.8) is 0 Å². The fraction of sp³-hybridized carbons (Fsp3) is 0.429. The number of nitrogens with one attached hydrogen (secondary N) is 1. The van der Waals surface area contributed by atoms with Crippen LogP contribution in [0.4, 0.5) is 10.5 Å². The molecule has 6 nitrogen and oxygen atoms in total. The molecule has 0 saturated carbocycles. The monoisotopic (exact) mass is 366 g/mol. The number of aryl methyl sites for hydroxylation is 1. The molecule has 1 aliphatic carbocycles. The van der Waals surface area contributed by atoms with Gasteiger partial charge in [-0.3, -0.25) is 4.98 Å². The van der Waals surface area contributed by atoms with Gasteiger partial charge in [-0.15, -0.1) is 0 Å². The highest BCUT2D eigenvalue weighted by molar-refractivity contribution is 5.75. The molecule has 4 rings (SSSR count). The van der Waals surface area contributed by atoms with E-state index in [4.69, 9.17) is 4.74 Å². The van der Waals surface area contributed by atoms with Gasteiger partial charge in [0.25, 0.3) is 0 Å². The third-order valence-electron chi connectivity index (χ3n) is 5.56. The predicted molar refractivity (Wildman–Crippen MR) is 105 cm³/mol. The third kappa shape index (κ3) is 3.84. The van der Waals surface area contributed by atoms with Crippen molar-refractivity contribution in [2.45, 2.75) is 25.3 Å². The number of nitrogens with zero attached hydrogens (tertiary/aromatic N) is 3. The van der Waals surface area contributed by atoms with Gasteiger partial charge in [0, 0.05) is 44.3 Å². The smallest absolute Gasteiger partial charge is 0.318 e. The molecule has 1 aliphatic heterocycles. The fourth-order valence-electron chi connectivity index (χ4n) is 4.03. The number of benzene rings is 1. The Kier molecular flexibility index (Phi) is 5.14. The number of fused-ring (bicyclic) bond motifs is 1. The van der Waals surface area contributed by atoms with Gasteiger partial charge < -0.3 is 19.9 Å². The van der Waals surface area contributed by atoms with E-state index in [1.807, 2.05) is 35.5 Å². The number of methoxy groups -OCH3 is 1. The molecule has 142 valence electrons. The molecule has 1 aromatic heterocycles. The minimum Gasteiger partial charge on any atom is -0.497 e. The highest BCUT2D eigenvalue weighted by Crippen LogP contribution is 2.32. The summed E-state index contributed by atoms with van der Waals surface area (Å²) in [6, 6.07) is 10.3. The molecule has 2 aliphatic rings. The molecule has 2 aromatic rings. The Hall–Kier alpha value is -2.76. The SMILES string of the molecule is COc1ccc2c(c1)CCCC2NC(=O)N1CCN(c2ccncc2)CC1. The van der Waals surface area contributed by atoms with Gasteiger partial charge in [-0.05, 0) is 54.7 Å². The molecule has 0 radical (unpaired) electrons. The molecular weight excluding hydrogens is 340 g/mol. The molecule has 1 N–H and O–H groups in total. The second kappa shape index (κ2) is 7.86. The summed E-state index contributed by atoms with van der Waals surface area (Å²) in [6.07, 6.45) is 6.74. The number of carbonyl (C=O) groups excluding carboxylic acids is 1. The first kappa shape index (κ1) is 17.6. The van der Waals surface area contributed by atoms with Crippen LogP contribution in [-0.2, 0) is 6.42 Å². The largest absolute Gasteiger partial charge is 0.497 e. The Morgan fingerprint density at radius 3 is 2.67 bits per heavy atom. The van der Waals surface area contributed by atoms with Crippen LogP contribution in [-0.4, -0.2) is 49.2 Å². The Labute approximate surface area is 160 Å². The van der Waals surface area contributed by atoms with Gasteiger partial charge in [0.05, 0.1) is 13.2 Å². The summed E-state index contributed by atoms with van der Waals surface area (Å²) in [4.78, 5) is 21.1. The zero-order valence-electron chi connectivity index (χ0n) is 15.7. The number of pyridine rings is 1. The molecule has 0 spiro atoms. The van der Waals surface area contributed by atoms with E-state index < -0.39 is 0 Å². The highest BCUT2D eigenvalue weighted by Gasteiger charge is 2.26. The van der Waals surface area contributed by atoms with Crippen molar-refractivity contribution in [1.29, 1.82) is 0 Å². The number of rotatable bonds is 3. The van der Waals surface area contributed by atoms with E-state index in [-0.39, 0.29) is 12.1 Å². The summed E-state index contributed by atoms with van der Waals surface area (Å²) >= 11 is 0. The molecule has 1 atom stereocenters. The van der Waals surface area contributed by atoms with Crippen LogP contribution in [0.15, 0.2) is 42.7 Å². The summed E-state index contributed by atoms with van der Waals surface area (Å²) in [5, 5.41) is 3.25. The molecule has 1 unspecified atom stereocenters. The molecule has 6 heteroatoms. The summed E-state index contributed by atoms with van der Waals surface area (Å²) in [7, 11) is 1.69. The number of hydrogen-bond acceptors (Lipinski definition) is 4. The summed E-state index contributed by atoms with van der Waals surface area (Å²) < 4.78 is 5.33. The van der Waals surface area contributed by atoms with Crippen molar-refractivity contribution in [3.05, 3.63) is 53.9 Å². The maximum absolute atomic E-state index is 12.8. The molecule has 2 amide bonds. The average molecular weight is 366 g/mol. The standard InChI is InChI=1S/C21H26N4O2/c1-27-18-5-6-19-16(15-18)3-2-4-20(19)23-21(26)25-13-11-24(12-14-25)17-7-9-22-10-8-17/h5-10,15,20H,2-4,11-14H2,1H3,(H,23,26). The lowest BCUT2D eigenvalue weighted by Crippen LogP contribution is -2.52. The summed E-state index contributed by atoms with van der Waals surface area (Å²) in [6.45, 7) is 3.15. The van der Waals surface area contributed by atoms with E-state index >= 15 is 0 Å². The topological polar surface area (TPSA) is 57.7 Å². The molecule has 2 heterocycles. The summed E-state index contributed by atoms with van der Waals surface area (Å²) in [5.74, 6) is 0.882. The Bertz CT molecular complexity index is 788. The van der Waals surface area contributed by atoms with E-state index in [1.165, 1.54) is 16.8 Å². The number of urea groups is 1. The molecular formula is C21H26N4O2. The zero-order chi connectivity index (χ0) is 18.6. The lowest BCUT2D eigenvalue weighted by molar-refractivity contribution is 0.189. The van der Waals surface area contributed by atoms with Crippen molar-refractivity contribution < 1.29 is 9.53 Å². The number of amides is 2. The Morgan fingerprint density at radius 1 is 1.15 bits per heavy atom. The first-order valence-corrected chi connectivity index (χ1v) is 9.62. The molecule has 1 saturated heterocycles. The normalized spacial score (nSPS) is 19.4. The average Bonchev–Trinajstić information content (AvgIpc) is 2.74. The van der Waals surface area contributed by atoms with Crippen LogP contribution in [0.3, 0.4) is 0 Å². The fourth-order valence-corrected chi connectivity index (χ4v) is 4.03. The first-order chi connectivity index (χ1) is 13.2. The van der Waals surface area contributed by atoms with Crippen LogP contribution in [0.2, 0.25) is 0 Å². The highest BCUT2D eigenvalue weighted by atomic mass is 16.5. The van der Waals surface area contributed by atoms with Gasteiger partial charge in [-0.2, -0.15) is 0 Å². The van der Waals surface area contributed by atoms with Crippen molar-refractivity contribution in [1.82, 2.24) is 15.2 Å². The van der Waals surface area contributed by atoms with Gasteiger partial charge in [0.1, 0.15) is 5.75 Å². The number of anilines is 1. The molecule has 1 fully saturated rings. The zero-order valence-corrected chi connectivity index (χ0v) is 15.7. The van der Waals surface area contributed by atoms with Crippen LogP contribution in [0.25, 0.3) is 0 Å². The van der Waals surface area contributed by atoms with Gasteiger partial charge >= 0.3 is 6.03 Å². The van der Waals surface area contributed by atoms with Crippen LogP contribution < -0.4 is 15.0 Å². The van der Waals surface area contributed by atoms with Crippen LogP contribution in [0.1, 0.15) is 30.0 Å². The van der Waals surface area contributed by atoms with Crippen LogP contribution in [0, 0.1) is 0 Å². The number of aromatic nitrogens is 1. The van der Waals surface area contributed by atoms with E-state index in [0.29, 0.717) is 0 Å². The first-order valence-electron chi connectivity index (χ1n) is 9.62. The van der Waals surface area contributed by atoms with Gasteiger partial charge in [-0.1, -0.05) is 6.07 Å². The van der Waals surface area contributed by atoms with Gasteiger partial charge in [0.15, 0.2) is 0 Å². The second-order valence-electron chi connectivity index (χ2n) is 7.14. The maximum atomic E-state index is 12.8. The molecule has 0 bridgehead atoms. The summed E-state index contributed by atoms with van der Waals surface area (Å²) in [5.41, 5.74) is 3.68. The van der Waals surface area contributed by atoms with Crippen LogP contribution in [0.5, 0.6) is 5.75 Å².